The van der Waals surface area contributed by atoms with E-state index in [1.165, 1.54) is 0 Å². The molecular formula is C12H5F13O4S. The van der Waals surface area contributed by atoms with Crippen LogP contribution in [0.5, 0.6) is 5.75 Å². The van der Waals surface area contributed by atoms with Crippen LogP contribution in [0.15, 0.2) is 29.2 Å². The fourth-order valence-corrected chi connectivity index (χ4v) is 2.13. The molecule has 0 fully saturated rings. The van der Waals surface area contributed by atoms with Crippen LogP contribution in [0, 0.1) is 0 Å². The van der Waals surface area contributed by atoms with Crippen molar-refractivity contribution < 1.29 is 74.8 Å². The maximum Gasteiger partial charge on any atom is 0.471 e. The first kappa shape index (κ1) is 26.1. The van der Waals surface area contributed by atoms with Crippen molar-refractivity contribution in [2.24, 2.45) is 0 Å². The van der Waals surface area contributed by atoms with Gasteiger partial charge in [0, 0.05) is 0 Å². The van der Waals surface area contributed by atoms with Crippen molar-refractivity contribution in [2.75, 3.05) is 0 Å². The smallest absolute Gasteiger partial charge is 0.428 e. The molecule has 1 N–H and O–H groups in total. The molecule has 0 aliphatic rings. The summed E-state index contributed by atoms with van der Waals surface area (Å²) < 4.78 is 200. The van der Waals surface area contributed by atoms with Gasteiger partial charge in [0.05, 0.1) is 4.90 Å². The van der Waals surface area contributed by atoms with Crippen LogP contribution in [0.2, 0.25) is 0 Å². The number of alkyl halides is 13. The zero-order valence-corrected chi connectivity index (χ0v) is 14.1. The minimum Gasteiger partial charge on any atom is -0.428 e. The third-order valence-electron chi connectivity index (χ3n) is 3.27. The summed E-state index contributed by atoms with van der Waals surface area (Å²) >= 11 is 0. The second-order valence-corrected chi connectivity index (χ2v) is 6.78. The zero-order chi connectivity index (χ0) is 24.2. The monoisotopic (exact) mass is 492 g/mol. The summed E-state index contributed by atoms with van der Waals surface area (Å²) in [6.07, 6.45) is -14.3. The van der Waals surface area contributed by atoms with Gasteiger partial charge in [-0.1, -0.05) is 0 Å². The van der Waals surface area contributed by atoms with E-state index in [4.69, 9.17) is 4.55 Å². The number of halogens is 13. The normalized spacial score (nSPS) is 15.3. The SMILES string of the molecule is O=S(=O)(O)c1ccc(OC(F)(F)C(F)(F)C(F)(F)C(F)(F)C(F)(F)C(F)(F)F)cc1. The molecule has 0 spiro atoms. The molecule has 1 aromatic carbocycles. The summed E-state index contributed by atoms with van der Waals surface area (Å²) in [6.45, 7) is 0. The van der Waals surface area contributed by atoms with E-state index in [0.29, 0.717) is 0 Å². The molecule has 0 amide bonds. The van der Waals surface area contributed by atoms with E-state index < -0.39 is 56.7 Å². The summed E-state index contributed by atoms with van der Waals surface area (Å²) in [5, 5.41) is 0. The lowest BCUT2D eigenvalue weighted by Crippen LogP contribution is -2.70. The quantitative estimate of drug-likeness (QED) is 0.430. The Bertz CT molecular complexity index is 874. The van der Waals surface area contributed by atoms with Gasteiger partial charge in [0.15, 0.2) is 0 Å². The second-order valence-electron chi connectivity index (χ2n) is 5.36. The molecule has 30 heavy (non-hydrogen) atoms. The molecule has 0 aliphatic heterocycles. The van der Waals surface area contributed by atoms with Gasteiger partial charge < -0.3 is 4.74 Å². The molecule has 0 unspecified atom stereocenters. The highest BCUT2D eigenvalue weighted by atomic mass is 32.2. The van der Waals surface area contributed by atoms with Gasteiger partial charge in [-0.2, -0.15) is 65.5 Å². The van der Waals surface area contributed by atoms with Gasteiger partial charge in [0.2, 0.25) is 0 Å². The summed E-state index contributed by atoms with van der Waals surface area (Å²) in [5.41, 5.74) is 0. The molecule has 0 heterocycles. The molecule has 1 aromatic rings. The summed E-state index contributed by atoms with van der Waals surface area (Å²) in [4.78, 5) is -1.06. The Hall–Kier alpha value is -1.98. The van der Waals surface area contributed by atoms with Crippen LogP contribution in [0.3, 0.4) is 0 Å². The van der Waals surface area contributed by atoms with E-state index in [1.807, 2.05) is 0 Å². The Balaban J connectivity index is 3.38. The molecule has 0 saturated carbocycles. The lowest BCUT2D eigenvalue weighted by Gasteiger charge is -2.39. The number of rotatable bonds is 7. The Morgan fingerprint density at radius 1 is 0.633 bits per heavy atom. The highest BCUT2D eigenvalue weighted by Gasteiger charge is 2.91. The van der Waals surface area contributed by atoms with Crippen molar-refractivity contribution in [3.63, 3.8) is 0 Å². The molecule has 18 heteroatoms. The van der Waals surface area contributed by atoms with E-state index in [2.05, 4.69) is 4.74 Å². The molecule has 1 rings (SSSR count). The van der Waals surface area contributed by atoms with Crippen molar-refractivity contribution in [2.45, 2.75) is 40.9 Å². The van der Waals surface area contributed by atoms with Gasteiger partial charge in [-0.25, -0.2) is 0 Å². The van der Waals surface area contributed by atoms with E-state index in [0.717, 1.165) is 0 Å². The topological polar surface area (TPSA) is 63.6 Å². The van der Waals surface area contributed by atoms with E-state index in [-0.39, 0.29) is 24.3 Å². The number of hydrogen-bond donors (Lipinski definition) is 1. The maximum absolute atomic E-state index is 13.5. The molecule has 0 aromatic heterocycles. The van der Waals surface area contributed by atoms with Crippen molar-refractivity contribution in [3.05, 3.63) is 24.3 Å². The summed E-state index contributed by atoms with van der Waals surface area (Å²) in [7, 11) is -4.96. The molecule has 0 radical (unpaired) electrons. The van der Waals surface area contributed by atoms with Crippen molar-refractivity contribution >= 4 is 10.1 Å². The zero-order valence-electron chi connectivity index (χ0n) is 13.3. The van der Waals surface area contributed by atoms with E-state index in [9.17, 15) is 65.5 Å². The molecular weight excluding hydrogens is 487 g/mol. The van der Waals surface area contributed by atoms with Gasteiger partial charge in [0.25, 0.3) is 10.1 Å². The largest absolute Gasteiger partial charge is 0.471 e. The van der Waals surface area contributed by atoms with Crippen LogP contribution >= 0.6 is 0 Å². The van der Waals surface area contributed by atoms with Gasteiger partial charge in [-0.05, 0) is 24.3 Å². The van der Waals surface area contributed by atoms with Crippen LogP contribution in [0.25, 0.3) is 0 Å². The second kappa shape index (κ2) is 7.03. The van der Waals surface area contributed by atoms with Crippen molar-refractivity contribution in [1.29, 1.82) is 0 Å². The molecule has 0 atom stereocenters. The van der Waals surface area contributed by atoms with Gasteiger partial charge in [0.1, 0.15) is 5.75 Å². The first-order valence-corrected chi connectivity index (χ1v) is 8.10. The van der Waals surface area contributed by atoms with Crippen LogP contribution in [-0.2, 0) is 10.1 Å². The molecule has 0 saturated heterocycles. The van der Waals surface area contributed by atoms with Crippen molar-refractivity contribution in [3.8, 4) is 5.75 Å². The minimum atomic E-state index is -8.07. The Morgan fingerprint density at radius 3 is 1.33 bits per heavy atom. The van der Waals surface area contributed by atoms with Gasteiger partial charge >= 0.3 is 36.0 Å². The lowest BCUT2D eigenvalue weighted by atomic mass is 9.97. The predicted molar refractivity (Wildman–Crippen MR) is 67.7 cm³/mol. The lowest BCUT2D eigenvalue weighted by molar-refractivity contribution is -0.456. The highest BCUT2D eigenvalue weighted by molar-refractivity contribution is 7.85. The van der Waals surface area contributed by atoms with Crippen molar-refractivity contribution in [1.82, 2.24) is 0 Å². The third kappa shape index (κ3) is 3.97. The van der Waals surface area contributed by atoms with Gasteiger partial charge in [-0.3, -0.25) is 4.55 Å². The molecule has 0 bridgehead atoms. The number of benzene rings is 1. The van der Waals surface area contributed by atoms with Crippen LogP contribution in [0.4, 0.5) is 57.1 Å². The molecule has 4 nitrogen and oxygen atoms in total. The van der Waals surface area contributed by atoms with Crippen LogP contribution in [-0.4, -0.2) is 48.9 Å². The fourth-order valence-electron chi connectivity index (χ4n) is 1.65. The highest BCUT2D eigenvalue weighted by Crippen LogP contribution is 2.60. The number of ether oxygens (including phenoxy) is 1. The average Bonchev–Trinajstić information content (AvgIpc) is 2.52. The van der Waals surface area contributed by atoms with E-state index in [1.54, 1.807) is 0 Å². The molecule has 0 aliphatic carbocycles. The maximum atomic E-state index is 13.5. The first-order valence-electron chi connectivity index (χ1n) is 6.66. The van der Waals surface area contributed by atoms with Gasteiger partial charge in [-0.15, -0.1) is 0 Å². The fraction of sp³-hybridized carbons (Fsp3) is 0.500. The third-order valence-corrected chi connectivity index (χ3v) is 4.14. The Labute approximate surface area is 157 Å². The van der Waals surface area contributed by atoms with Crippen LogP contribution in [0.1, 0.15) is 0 Å². The average molecular weight is 492 g/mol. The minimum absolute atomic E-state index is 0.0215. The van der Waals surface area contributed by atoms with Crippen LogP contribution < -0.4 is 4.74 Å². The van der Waals surface area contributed by atoms with E-state index >= 15 is 0 Å². The molecule has 174 valence electrons. The standard InChI is InChI=1S/C12H5F13O4S/c13-7(14,9(17,18)11(21,22)23)8(15,16)10(19,20)12(24,25)29-5-1-3-6(4-2-5)30(26,27)28/h1-4H,(H,26,27,28). The summed E-state index contributed by atoms with van der Waals surface area (Å²) in [6, 6.07) is 0.411. The first-order chi connectivity index (χ1) is 12.9. The Kier molecular flexibility index (Phi) is 6.10. The predicted octanol–water partition coefficient (Wildman–Crippen LogP) is 5.01. The number of hydrogen-bond acceptors (Lipinski definition) is 3. The Morgan fingerprint density at radius 2 is 1.00 bits per heavy atom. The summed E-state index contributed by atoms with van der Waals surface area (Å²) in [5.74, 6) is -33.2.